The summed E-state index contributed by atoms with van der Waals surface area (Å²) in [6, 6.07) is 21.3. The normalized spacial score (nSPS) is 14.5. The molecule has 4 rings (SSSR count). The van der Waals surface area contributed by atoms with Gasteiger partial charge in [-0.05, 0) is 43.0 Å². The van der Waals surface area contributed by atoms with Crippen molar-refractivity contribution in [3.05, 3.63) is 101 Å². The van der Waals surface area contributed by atoms with Crippen LogP contribution in [0.4, 0.5) is 10.1 Å². The van der Waals surface area contributed by atoms with Gasteiger partial charge in [0.1, 0.15) is 18.4 Å². The highest BCUT2D eigenvalue weighted by Crippen LogP contribution is 2.24. The maximum atomic E-state index is 14.9. The highest BCUT2D eigenvalue weighted by atomic mass is 32.2. The van der Waals surface area contributed by atoms with E-state index in [0.29, 0.717) is 11.3 Å². The van der Waals surface area contributed by atoms with E-state index < -0.39 is 34.3 Å². The maximum Gasteiger partial charge on any atom is 0.244 e. The Morgan fingerprint density at radius 2 is 1.57 bits per heavy atom. The van der Waals surface area contributed by atoms with Crippen molar-refractivity contribution in [3.63, 3.8) is 0 Å². The van der Waals surface area contributed by atoms with E-state index in [-0.39, 0.29) is 30.5 Å². The molecule has 0 bridgehead atoms. The summed E-state index contributed by atoms with van der Waals surface area (Å²) in [6.45, 7) is 1.05. The minimum atomic E-state index is -3.86. The average Bonchev–Trinajstić information content (AvgIpc) is 3.43. The molecule has 1 saturated carbocycles. The van der Waals surface area contributed by atoms with E-state index in [2.05, 4.69) is 5.32 Å². The zero-order valence-corrected chi connectivity index (χ0v) is 23.7. The monoisotopic (exact) mass is 565 g/mol. The van der Waals surface area contributed by atoms with Crippen molar-refractivity contribution in [2.45, 2.75) is 57.7 Å². The standard InChI is InChI=1S/C31H36FN3O4S/c1-23-12-6-11-19-28(23)35(40(2,38)39)22-30(36)34(21-25-15-7-10-18-27(25)32)29(20-24-13-4-3-5-14-24)31(37)33-26-16-8-9-17-26/h3-7,10-15,18-19,26,29H,8-9,16-17,20-22H2,1-2H3,(H,33,37). The number of amides is 2. The maximum absolute atomic E-state index is 14.9. The van der Waals surface area contributed by atoms with E-state index in [4.69, 9.17) is 0 Å². The number of anilines is 1. The number of nitrogens with one attached hydrogen (secondary N) is 1. The predicted molar refractivity (Wildman–Crippen MR) is 155 cm³/mol. The van der Waals surface area contributed by atoms with Gasteiger partial charge in [0, 0.05) is 24.6 Å². The lowest BCUT2D eigenvalue weighted by Crippen LogP contribution is -2.54. The molecule has 1 aliphatic rings. The van der Waals surface area contributed by atoms with E-state index in [1.807, 2.05) is 30.3 Å². The van der Waals surface area contributed by atoms with Crippen LogP contribution in [-0.2, 0) is 32.6 Å². The average molecular weight is 566 g/mol. The van der Waals surface area contributed by atoms with Crippen LogP contribution in [0.1, 0.15) is 42.4 Å². The van der Waals surface area contributed by atoms with Gasteiger partial charge in [0.15, 0.2) is 0 Å². The summed E-state index contributed by atoms with van der Waals surface area (Å²) in [7, 11) is -3.86. The lowest BCUT2D eigenvalue weighted by molar-refractivity contribution is -0.140. The summed E-state index contributed by atoms with van der Waals surface area (Å²) in [4.78, 5) is 29.2. The summed E-state index contributed by atoms with van der Waals surface area (Å²) in [5.41, 5.74) is 2.13. The van der Waals surface area contributed by atoms with E-state index in [9.17, 15) is 22.4 Å². The van der Waals surface area contributed by atoms with E-state index in [1.165, 1.54) is 11.0 Å². The Balaban J connectivity index is 1.74. The van der Waals surface area contributed by atoms with Gasteiger partial charge in [-0.25, -0.2) is 12.8 Å². The molecule has 3 aromatic rings. The summed E-state index contributed by atoms with van der Waals surface area (Å²) in [6.07, 6.45) is 5.00. The van der Waals surface area contributed by atoms with E-state index in [1.54, 1.807) is 49.4 Å². The molecular formula is C31H36FN3O4S. The lowest BCUT2D eigenvalue weighted by atomic mass is 10.0. The molecule has 0 spiro atoms. The van der Waals surface area contributed by atoms with Crippen molar-refractivity contribution in [1.82, 2.24) is 10.2 Å². The number of benzene rings is 3. The van der Waals surface area contributed by atoms with Crippen LogP contribution in [0.25, 0.3) is 0 Å². The minimum Gasteiger partial charge on any atom is -0.352 e. The summed E-state index contributed by atoms with van der Waals surface area (Å²) < 4.78 is 41.7. The van der Waals surface area contributed by atoms with Gasteiger partial charge in [0.2, 0.25) is 21.8 Å². The fraction of sp³-hybridized carbons (Fsp3) is 0.355. The van der Waals surface area contributed by atoms with E-state index in [0.717, 1.165) is 41.8 Å². The van der Waals surface area contributed by atoms with Gasteiger partial charge in [-0.15, -0.1) is 0 Å². The predicted octanol–water partition coefficient (Wildman–Crippen LogP) is 4.60. The lowest BCUT2D eigenvalue weighted by Gasteiger charge is -2.34. The Kier molecular flexibility index (Phi) is 9.58. The topological polar surface area (TPSA) is 86.8 Å². The molecule has 0 saturated heterocycles. The number of halogens is 1. The Hall–Kier alpha value is -3.72. The zero-order valence-electron chi connectivity index (χ0n) is 22.9. The molecule has 1 unspecified atom stereocenters. The number of hydrogen-bond donors (Lipinski definition) is 1. The molecule has 3 aromatic carbocycles. The SMILES string of the molecule is Cc1ccccc1N(CC(=O)N(Cc1ccccc1F)C(Cc1ccccc1)C(=O)NC1CCCC1)S(C)(=O)=O. The van der Waals surface area contributed by atoms with Gasteiger partial charge >= 0.3 is 0 Å². The molecule has 7 nitrogen and oxygen atoms in total. The van der Waals surface area contributed by atoms with Crippen LogP contribution in [0.15, 0.2) is 78.9 Å². The summed E-state index contributed by atoms with van der Waals surface area (Å²) in [5, 5.41) is 3.10. The van der Waals surface area contributed by atoms with Crippen LogP contribution < -0.4 is 9.62 Å². The number of carbonyl (C=O) groups excluding carboxylic acids is 2. The Bertz CT molecular complexity index is 1430. The highest BCUT2D eigenvalue weighted by Gasteiger charge is 2.34. The molecule has 40 heavy (non-hydrogen) atoms. The van der Waals surface area contributed by atoms with Crippen molar-refractivity contribution in [2.24, 2.45) is 0 Å². The quantitative estimate of drug-likeness (QED) is 0.368. The molecule has 1 atom stereocenters. The number of rotatable bonds is 11. The van der Waals surface area contributed by atoms with Crippen LogP contribution in [-0.4, -0.2) is 50.0 Å². The van der Waals surface area contributed by atoms with Gasteiger partial charge < -0.3 is 10.2 Å². The third-order valence-corrected chi connectivity index (χ3v) is 8.46. The van der Waals surface area contributed by atoms with Crippen molar-refractivity contribution < 1.29 is 22.4 Å². The first-order chi connectivity index (χ1) is 19.1. The first kappa shape index (κ1) is 29.3. The van der Waals surface area contributed by atoms with Gasteiger partial charge in [0.05, 0.1) is 11.9 Å². The van der Waals surface area contributed by atoms with Crippen LogP contribution in [0.5, 0.6) is 0 Å². The van der Waals surface area contributed by atoms with Crippen LogP contribution in [0.3, 0.4) is 0 Å². The molecule has 2 amide bonds. The molecule has 1 aliphatic carbocycles. The highest BCUT2D eigenvalue weighted by molar-refractivity contribution is 7.92. The van der Waals surface area contributed by atoms with Gasteiger partial charge in [-0.1, -0.05) is 79.6 Å². The third kappa shape index (κ3) is 7.47. The Morgan fingerprint density at radius 3 is 2.23 bits per heavy atom. The largest absolute Gasteiger partial charge is 0.352 e. The van der Waals surface area contributed by atoms with Gasteiger partial charge in [0.25, 0.3) is 0 Å². The van der Waals surface area contributed by atoms with Crippen LogP contribution in [0.2, 0.25) is 0 Å². The zero-order chi connectivity index (χ0) is 28.7. The smallest absolute Gasteiger partial charge is 0.244 e. The molecule has 1 fully saturated rings. The van der Waals surface area contributed by atoms with Crippen molar-refractivity contribution in [2.75, 3.05) is 17.1 Å². The van der Waals surface area contributed by atoms with Gasteiger partial charge in [-0.2, -0.15) is 0 Å². The first-order valence-corrected chi connectivity index (χ1v) is 15.4. The number of nitrogens with zero attached hydrogens (tertiary/aromatic N) is 2. The Morgan fingerprint density at radius 1 is 0.950 bits per heavy atom. The first-order valence-electron chi connectivity index (χ1n) is 13.5. The second-order valence-corrected chi connectivity index (χ2v) is 12.3. The number of para-hydroxylation sites is 1. The second kappa shape index (κ2) is 13.1. The van der Waals surface area contributed by atoms with Crippen molar-refractivity contribution in [1.29, 1.82) is 0 Å². The molecule has 0 aliphatic heterocycles. The number of sulfonamides is 1. The Labute approximate surface area is 236 Å². The fourth-order valence-electron chi connectivity index (χ4n) is 5.17. The number of hydrogen-bond acceptors (Lipinski definition) is 4. The number of carbonyl (C=O) groups is 2. The minimum absolute atomic E-state index is 0.00988. The van der Waals surface area contributed by atoms with Crippen molar-refractivity contribution >= 4 is 27.5 Å². The van der Waals surface area contributed by atoms with Crippen LogP contribution >= 0.6 is 0 Å². The summed E-state index contributed by atoms with van der Waals surface area (Å²) >= 11 is 0. The summed E-state index contributed by atoms with van der Waals surface area (Å²) in [5.74, 6) is -1.43. The molecule has 1 N–H and O–H groups in total. The number of aryl methyl sites for hydroxylation is 1. The third-order valence-electron chi connectivity index (χ3n) is 7.33. The fourth-order valence-corrected chi connectivity index (χ4v) is 6.08. The second-order valence-electron chi connectivity index (χ2n) is 10.4. The molecule has 212 valence electrons. The van der Waals surface area contributed by atoms with Crippen LogP contribution in [0, 0.1) is 12.7 Å². The van der Waals surface area contributed by atoms with Gasteiger partial charge in [-0.3, -0.25) is 13.9 Å². The van der Waals surface area contributed by atoms with E-state index >= 15 is 0 Å². The molecule has 0 aromatic heterocycles. The molecule has 9 heteroatoms. The molecule has 0 heterocycles. The van der Waals surface area contributed by atoms with Crippen molar-refractivity contribution in [3.8, 4) is 0 Å². The molecular weight excluding hydrogens is 529 g/mol. The molecule has 0 radical (unpaired) electrons.